The van der Waals surface area contributed by atoms with E-state index in [1.165, 1.54) is 0 Å². The minimum atomic E-state index is -1.33. The van der Waals surface area contributed by atoms with Crippen molar-refractivity contribution >= 4 is 23.6 Å². The zero-order chi connectivity index (χ0) is 14.5. The number of benzene rings is 1. The fourth-order valence-electron chi connectivity index (χ4n) is 1.52. The largest absolute Gasteiger partial charge is 0.478 e. The van der Waals surface area contributed by atoms with E-state index in [1.807, 2.05) is 0 Å². The van der Waals surface area contributed by atoms with Crippen molar-refractivity contribution in [2.45, 2.75) is 0 Å². The van der Waals surface area contributed by atoms with Gasteiger partial charge in [-0.25, -0.2) is 4.79 Å². The van der Waals surface area contributed by atoms with E-state index in [0.717, 1.165) is 11.6 Å². The van der Waals surface area contributed by atoms with E-state index in [9.17, 15) is 4.79 Å². The molecule has 0 unspecified atom stereocenters. The molecule has 20 heavy (non-hydrogen) atoms. The second-order valence-electron chi connectivity index (χ2n) is 3.73. The van der Waals surface area contributed by atoms with Crippen LogP contribution in [0.4, 0.5) is 0 Å². The Morgan fingerprint density at radius 2 is 2.00 bits per heavy atom. The lowest BCUT2D eigenvalue weighted by atomic mass is 10.2. The lowest BCUT2D eigenvalue weighted by molar-refractivity contribution is -0.132. The highest BCUT2D eigenvalue weighted by Gasteiger charge is 2.08. The molecule has 1 aromatic heterocycles. The Bertz CT molecular complexity index is 709. The molecule has 0 aliphatic rings. The minimum absolute atomic E-state index is 0.278. The number of azide groups is 1. The van der Waals surface area contributed by atoms with Gasteiger partial charge in [0.2, 0.25) is 0 Å². The lowest BCUT2D eigenvalue weighted by Gasteiger charge is -1.96. The summed E-state index contributed by atoms with van der Waals surface area (Å²) < 4.78 is 5.47. The highest BCUT2D eigenvalue weighted by atomic mass is 35.5. The maximum atomic E-state index is 10.8. The summed E-state index contributed by atoms with van der Waals surface area (Å²) in [5.74, 6) is -0.495. The SMILES string of the molecule is [N-]=[N+]=NC(=Cc1ccc(-c2ccc(Cl)cc2)o1)C(=O)O. The smallest absolute Gasteiger partial charge is 0.338 e. The van der Waals surface area contributed by atoms with Crippen LogP contribution in [0.3, 0.4) is 0 Å². The number of carboxylic acids is 1. The number of halogens is 1. The van der Waals surface area contributed by atoms with Crippen molar-refractivity contribution in [3.63, 3.8) is 0 Å². The van der Waals surface area contributed by atoms with Gasteiger partial charge in [-0.05, 0) is 48.0 Å². The summed E-state index contributed by atoms with van der Waals surface area (Å²) in [7, 11) is 0. The van der Waals surface area contributed by atoms with E-state index in [1.54, 1.807) is 36.4 Å². The second kappa shape index (κ2) is 5.97. The van der Waals surface area contributed by atoms with Gasteiger partial charge in [0.25, 0.3) is 0 Å². The van der Waals surface area contributed by atoms with Crippen LogP contribution in [-0.2, 0) is 4.79 Å². The molecule has 100 valence electrons. The van der Waals surface area contributed by atoms with Gasteiger partial charge in [-0.3, -0.25) is 0 Å². The highest BCUT2D eigenvalue weighted by Crippen LogP contribution is 2.25. The predicted molar refractivity (Wildman–Crippen MR) is 73.9 cm³/mol. The molecule has 0 atom stereocenters. The number of furan rings is 1. The number of nitrogens with zero attached hydrogens (tertiary/aromatic N) is 3. The van der Waals surface area contributed by atoms with Crippen LogP contribution in [0, 0.1) is 0 Å². The van der Waals surface area contributed by atoms with Gasteiger partial charge in [0.05, 0.1) is 0 Å². The lowest BCUT2D eigenvalue weighted by Crippen LogP contribution is -1.96. The Kier molecular flexibility index (Phi) is 4.10. The molecule has 0 saturated heterocycles. The van der Waals surface area contributed by atoms with Gasteiger partial charge in [-0.2, -0.15) is 0 Å². The standard InChI is InChI=1S/C13H8ClN3O3/c14-9-3-1-8(2-4-9)12-6-5-10(20-12)7-11(13(18)19)16-17-15/h1-7H,(H,18,19). The zero-order valence-electron chi connectivity index (χ0n) is 10.0. The van der Waals surface area contributed by atoms with Crippen LogP contribution in [0.5, 0.6) is 0 Å². The van der Waals surface area contributed by atoms with Crippen LogP contribution in [0.25, 0.3) is 27.8 Å². The summed E-state index contributed by atoms with van der Waals surface area (Å²) in [6.07, 6.45) is 1.15. The van der Waals surface area contributed by atoms with Crippen molar-refractivity contribution in [2.75, 3.05) is 0 Å². The molecular formula is C13H8ClN3O3. The van der Waals surface area contributed by atoms with Crippen molar-refractivity contribution in [1.29, 1.82) is 0 Å². The monoisotopic (exact) mass is 289 g/mol. The summed E-state index contributed by atoms with van der Waals surface area (Å²) in [4.78, 5) is 13.3. The highest BCUT2D eigenvalue weighted by molar-refractivity contribution is 6.30. The summed E-state index contributed by atoms with van der Waals surface area (Å²) >= 11 is 5.79. The van der Waals surface area contributed by atoms with Gasteiger partial charge in [-0.15, -0.1) is 0 Å². The third kappa shape index (κ3) is 3.20. The molecule has 1 N–H and O–H groups in total. The second-order valence-corrected chi connectivity index (χ2v) is 4.17. The van der Waals surface area contributed by atoms with Crippen LogP contribution < -0.4 is 0 Å². The third-order valence-corrected chi connectivity index (χ3v) is 2.66. The fraction of sp³-hybridized carbons (Fsp3) is 0. The van der Waals surface area contributed by atoms with E-state index in [-0.39, 0.29) is 5.76 Å². The van der Waals surface area contributed by atoms with Crippen molar-refractivity contribution in [3.05, 3.63) is 63.3 Å². The van der Waals surface area contributed by atoms with Crippen LogP contribution in [-0.4, -0.2) is 11.1 Å². The van der Waals surface area contributed by atoms with Gasteiger partial charge in [0.1, 0.15) is 17.2 Å². The molecule has 0 fully saturated rings. The molecule has 0 saturated carbocycles. The molecule has 7 heteroatoms. The summed E-state index contributed by atoms with van der Waals surface area (Å²) in [5.41, 5.74) is 8.64. The first kappa shape index (κ1) is 13.7. The average molecular weight is 290 g/mol. The number of carbonyl (C=O) groups is 1. The average Bonchev–Trinajstić information content (AvgIpc) is 2.87. The molecule has 1 heterocycles. The third-order valence-electron chi connectivity index (χ3n) is 2.41. The number of hydrogen-bond donors (Lipinski definition) is 1. The number of rotatable bonds is 4. The van der Waals surface area contributed by atoms with Gasteiger partial charge in [0, 0.05) is 15.5 Å². The normalized spacial score (nSPS) is 10.9. The van der Waals surface area contributed by atoms with Crippen molar-refractivity contribution in [3.8, 4) is 11.3 Å². The Morgan fingerprint density at radius 1 is 1.30 bits per heavy atom. The van der Waals surface area contributed by atoms with E-state index in [2.05, 4.69) is 10.0 Å². The molecular weight excluding hydrogens is 282 g/mol. The Labute approximate surface area is 118 Å². The maximum absolute atomic E-state index is 10.8. The van der Waals surface area contributed by atoms with Crippen molar-refractivity contribution in [2.24, 2.45) is 5.11 Å². The summed E-state index contributed by atoms with van der Waals surface area (Å²) in [6, 6.07) is 10.3. The topological polar surface area (TPSA) is 99.2 Å². The first-order valence-corrected chi connectivity index (χ1v) is 5.84. The molecule has 6 nitrogen and oxygen atoms in total. The molecule has 2 rings (SSSR count). The first-order valence-electron chi connectivity index (χ1n) is 5.46. The molecule has 0 spiro atoms. The van der Waals surface area contributed by atoms with Crippen molar-refractivity contribution in [1.82, 2.24) is 0 Å². The van der Waals surface area contributed by atoms with E-state index < -0.39 is 11.7 Å². The van der Waals surface area contributed by atoms with E-state index in [4.69, 9.17) is 26.7 Å². The molecule has 0 amide bonds. The molecule has 1 aromatic carbocycles. The zero-order valence-corrected chi connectivity index (χ0v) is 10.8. The number of carboxylic acid groups (broad SMARTS) is 1. The summed E-state index contributed by atoms with van der Waals surface area (Å²) in [5, 5.41) is 12.5. The van der Waals surface area contributed by atoms with Crippen LogP contribution >= 0.6 is 11.6 Å². The molecule has 2 aromatic rings. The number of hydrogen-bond acceptors (Lipinski definition) is 3. The van der Waals surface area contributed by atoms with Gasteiger partial charge in [0.15, 0.2) is 0 Å². The van der Waals surface area contributed by atoms with E-state index >= 15 is 0 Å². The van der Waals surface area contributed by atoms with E-state index in [0.29, 0.717) is 10.8 Å². The minimum Gasteiger partial charge on any atom is -0.478 e. The quantitative estimate of drug-likeness (QED) is 0.392. The Hall–Kier alpha value is -2.69. The van der Waals surface area contributed by atoms with Crippen LogP contribution in [0.1, 0.15) is 5.76 Å². The van der Waals surface area contributed by atoms with Gasteiger partial charge in [-0.1, -0.05) is 16.7 Å². The first-order chi connectivity index (χ1) is 9.60. The summed E-state index contributed by atoms with van der Waals surface area (Å²) in [6.45, 7) is 0. The molecule has 0 radical (unpaired) electrons. The van der Waals surface area contributed by atoms with Gasteiger partial charge < -0.3 is 9.52 Å². The molecule has 0 aliphatic heterocycles. The Morgan fingerprint density at radius 3 is 2.60 bits per heavy atom. The van der Waals surface area contributed by atoms with Gasteiger partial charge >= 0.3 is 5.97 Å². The predicted octanol–water partition coefficient (Wildman–Crippen LogP) is 4.34. The maximum Gasteiger partial charge on any atom is 0.338 e. The molecule has 0 aliphatic carbocycles. The van der Waals surface area contributed by atoms with Crippen LogP contribution in [0.2, 0.25) is 5.02 Å². The molecule has 0 bridgehead atoms. The number of aliphatic carboxylic acids is 1. The fourth-order valence-corrected chi connectivity index (χ4v) is 1.64. The van der Waals surface area contributed by atoms with Crippen molar-refractivity contribution < 1.29 is 14.3 Å². The Balaban J connectivity index is 2.33. The van der Waals surface area contributed by atoms with Crippen LogP contribution in [0.15, 0.2) is 51.6 Å².